The van der Waals surface area contributed by atoms with Gasteiger partial charge in [0.1, 0.15) is 11.6 Å². The van der Waals surface area contributed by atoms with Crippen molar-refractivity contribution in [3.8, 4) is 11.5 Å². The molecule has 0 heterocycles. The highest BCUT2D eigenvalue weighted by molar-refractivity contribution is 5.37. The van der Waals surface area contributed by atoms with Gasteiger partial charge in [0.05, 0.1) is 5.56 Å². The lowest BCUT2D eigenvalue weighted by atomic mass is 9.68. The molecule has 4 rings (SSSR count). The molecule has 2 aromatic carbocycles. The molecule has 0 bridgehead atoms. The fourth-order valence-electron chi connectivity index (χ4n) is 6.02. The lowest BCUT2D eigenvalue weighted by molar-refractivity contribution is -0.137. The molecule has 6 heteroatoms. The minimum atomic E-state index is -4.47. The Hall–Kier alpha value is -2.11. The largest absolute Gasteiger partial charge is 0.454 e. The molecule has 35 heavy (non-hydrogen) atoms. The van der Waals surface area contributed by atoms with Crippen LogP contribution in [0, 0.1) is 41.4 Å². The molecule has 0 saturated heterocycles. The highest BCUT2D eigenvalue weighted by Gasteiger charge is 2.31. The van der Waals surface area contributed by atoms with Crippen LogP contribution in [0.4, 0.5) is 22.0 Å². The van der Waals surface area contributed by atoms with Gasteiger partial charge in [-0.25, -0.2) is 8.78 Å². The maximum atomic E-state index is 15.0. The van der Waals surface area contributed by atoms with Crippen LogP contribution in [0.2, 0.25) is 0 Å². The van der Waals surface area contributed by atoms with E-state index in [0.717, 1.165) is 60.9 Å². The van der Waals surface area contributed by atoms with Gasteiger partial charge >= 0.3 is 6.18 Å². The van der Waals surface area contributed by atoms with E-state index in [2.05, 4.69) is 13.0 Å². The molecule has 191 valence electrons. The SMILES string of the molecule is CC[C@H]1CC[C@H](C2CCC(CCc3c(F)c[c]c(Oc4ccc(C(F)(F)F)cc4)c3F)CC2)CC1. The predicted octanol–water partition coefficient (Wildman–Crippen LogP) is 9.53. The number of rotatable bonds is 7. The zero-order chi connectivity index (χ0) is 25.0. The quantitative estimate of drug-likeness (QED) is 0.349. The van der Waals surface area contributed by atoms with E-state index in [4.69, 9.17) is 4.74 Å². The van der Waals surface area contributed by atoms with E-state index < -0.39 is 23.4 Å². The zero-order valence-corrected chi connectivity index (χ0v) is 20.3. The van der Waals surface area contributed by atoms with Gasteiger partial charge in [-0.1, -0.05) is 39.0 Å². The number of alkyl halides is 3. The Balaban J connectivity index is 1.31. The summed E-state index contributed by atoms with van der Waals surface area (Å²) < 4.78 is 73.1. The topological polar surface area (TPSA) is 9.23 Å². The molecule has 0 N–H and O–H groups in total. The molecular formula is C29H34F5O. The van der Waals surface area contributed by atoms with Crippen molar-refractivity contribution in [3.63, 3.8) is 0 Å². The van der Waals surface area contributed by atoms with Crippen LogP contribution in [0.25, 0.3) is 0 Å². The molecule has 2 aliphatic carbocycles. The Morgan fingerprint density at radius 1 is 0.857 bits per heavy atom. The third-order valence-corrected chi connectivity index (χ3v) is 8.31. The first-order chi connectivity index (χ1) is 16.7. The molecule has 1 radical (unpaired) electrons. The van der Waals surface area contributed by atoms with Crippen LogP contribution in [-0.2, 0) is 12.6 Å². The average Bonchev–Trinajstić information content (AvgIpc) is 2.86. The van der Waals surface area contributed by atoms with Crippen molar-refractivity contribution in [1.29, 1.82) is 0 Å². The van der Waals surface area contributed by atoms with Gasteiger partial charge in [0, 0.05) is 11.6 Å². The summed E-state index contributed by atoms with van der Waals surface area (Å²) in [6, 6.07) is 7.44. The van der Waals surface area contributed by atoms with E-state index in [-0.39, 0.29) is 23.5 Å². The number of hydrogen-bond donors (Lipinski definition) is 0. The molecule has 0 amide bonds. The Morgan fingerprint density at radius 3 is 1.97 bits per heavy atom. The van der Waals surface area contributed by atoms with Crippen molar-refractivity contribution in [2.24, 2.45) is 23.7 Å². The van der Waals surface area contributed by atoms with Gasteiger partial charge in [-0.05, 0) is 92.5 Å². The fourth-order valence-corrected chi connectivity index (χ4v) is 6.02. The van der Waals surface area contributed by atoms with Crippen molar-refractivity contribution in [1.82, 2.24) is 0 Å². The van der Waals surface area contributed by atoms with E-state index in [9.17, 15) is 17.6 Å². The van der Waals surface area contributed by atoms with Gasteiger partial charge in [-0.2, -0.15) is 13.2 Å². The van der Waals surface area contributed by atoms with E-state index in [0.29, 0.717) is 12.3 Å². The summed E-state index contributed by atoms with van der Waals surface area (Å²) in [5.41, 5.74) is -0.858. The van der Waals surface area contributed by atoms with E-state index >= 15 is 4.39 Å². The summed E-state index contributed by atoms with van der Waals surface area (Å²) in [6.07, 6.45) is 7.88. The van der Waals surface area contributed by atoms with Crippen molar-refractivity contribution < 1.29 is 26.7 Å². The van der Waals surface area contributed by atoms with Gasteiger partial charge in [-0.15, -0.1) is 0 Å². The van der Waals surface area contributed by atoms with Crippen LogP contribution >= 0.6 is 0 Å². The molecular weight excluding hydrogens is 459 g/mol. The van der Waals surface area contributed by atoms with Gasteiger partial charge in [0.2, 0.25) is 0 Å². The molecule has 0 spiro atoms. The summed E-state index contributed by atoms with van der Waals surface area (Å²) in [7, 11) is 0. The third kappa shape index (κ3) is 6.56. The monoisotopic (exact) mass is 493 g/mol. The first-order valence-corrected chi connectivity index (χ1v) is 13.0. The lowest BCUT2D eigenvalue weighted by Gasteiger charge is -2.37. The Morgan fingerprint density at radius 2 is 1.43 bits per heavy atom. The van der Waals surface area contributed by atoms with Crippen molar-refractivity contribution in [2.75, 3.05) is 0 Å². The minimum Gasteiger partial charge on any atom is -0.454 e. The first kappa shape index (κ1) is 26.0. The second-order valence-electron chi connectivity index (χ2n) is 10.4. The van der Waals surface area contributed by atoms with Gasteiger partial charge in [-0.3, -0.25) is 0 Å². The van der Waals surface area contributed by atoms with E-state index in [1.165, 1.54) is 44.9 Å². The van der Waals surface area contributed by atoms with Crippen LogP contribution < -0.4 is 4.74 Å². The molecule has 2 saturated carbocycles. The minimum absolute atomic E-state index is 0.0364. The van der Waals surface area contributed by atoms with Crippen molar-refractivity contribution in [3.05, 3.63) is 59.2 Å². The normalized spacial score (nSPS) is 25.4. The number of benzene rings is 2. The number of ether oxygens (including phenoxy) is 1. The Kier molecular flexibility index (Phi) is 8.38. The summed E-state index contributed by atoms with van der Waals surface area (Å²) in [5.74, 6) is 1.26. The summed E-state index contributed by atoms with van der Waals surface area (Å²) in [5, 5.41) is 0. The molecule has 0 atom stereocenters. The van der Waals surface area contributed by atoms with Crippen LogP contribution in [-0.4, -0.2) is 0 Å². The molecule has 0 aliphatic heterocycles. The zero-order valence-electron chi connectivity index (χ0n) is 20.3. The van der Waals surface area contributed by atoms with Crippen molar-refractivity contribution >= 4 is 0 Å². The Bertz CT molecular complexity index is 952. The Labute approximate surface area is 205 Å². The summed E-state index contributed by atoms with van der Waals surface area (Å²) in [6.45, 7) is 2.29. The smallest absolute Gasteiger partial charge is 0.416 e. The van der Waals surface area contributed by atoms with Crippen LogP contribution in [0.5, 0.6) is 11.5 Å². The molecule has 2 aliphatic rings. The van der Waals surface area contributed by atoms with Crippen molar-refractivity contribution in [2.45, 2.75) is 83.7 Å². The lowest BCUT2D eigenvalue weighted by Crippen LogP contribution is -2.26. The molecule has 2 aromatic rings. The second-order valence-corrected chi connectivity index (χ2v) is 10.4. The molecule has 2 fully saturated rings. The number of halogens is 5. The fraction of sp³-hybridized carbons (Fsp3) is 0.586. The van der Waals surface area contributed by atoms with E-state index in [1.54, 1.807) is 0 Å². The van der Waals surface area contributed by atoms with E-state index in [1.807, 2.05) is 0 Å². The highest BCUT2D eigenvalue weighted by Crippen LogP contribution is 2.43. The molecule has 0 aromatic heterocycles. The van der Waals surface area contributed by atoms with Crippen LogP contribution in [0.15, 0.2) is 30.3 Å². The summed E-state index contributed by atoms with van der Waals surface area (Å²) >= 11 is 0. The standard InChI is InChI=1S/C29H34F5O/c1-2-19-3-8-21(9-4-19)22-10-5-20(6-11-22)7-16-25-26(30)17-18-27(28(25)31)35-24-14-12-23(13-15-24)29(32,33)34/h12-15,17,19-22H,2-11,16H2,1H3/t19-,20?,21-,22?. The van der Waals surface area contributed by atoms with Gasteiger partial charge in [0.15, 0.2) is 11.6 Å². The third-order valence-electron chi connectivity index (χ3n) is 8.31. The van der Waals surface area contributed by atoms with Gasteiger partial charge in [0.25, 0.3) is 0 Å². The number of hydrogen-bond acceptors (Lipinski definition) is 1. The first-order valence-electron chi connectivity index (χ1n) is 13.0. The molecule has 1 nitrogen and oxygen atoms in total. The average molecular weight is 494 g/mol. The highest BCUT2D eigenvalue weighted by atomic mass is 19.4. The maximum Gasteiger partial charge on any atom is 0.416 e. The maximum absolute atomic E-state index is 15.0. The predicted molar refractivity (Wildman–Crippen MR) is 126 cm³/mol. The second kappa shape index (κ2) is 11.3. The van der Waals surface area contributed by atoms with Gasteiger partial charge < -0.3 is 4.74 Å². The van der Waals surface area contributed by atoms with Crippen LogP contribution in [0.3, 0.4) is 0 Å². The molecule has 0 unspecified atom stereocenters. The van der Waals surface area contributed by atoms with Crippen LogP contribution in [0.1, 0.15) is 82.3 Å². The summed E-state index contributed by atoms with van der Waals surface area (Å²) in [4.78, 5) is 0.